The first kappa shape index (κ1) is 14.7. The number of rotatable bonds is 4. The molecule has 2 N–H and O–H groups in total. The second-order valence-electron chi connectivity index (χ2n) is 4.67. The molecule has 3 rings (SSSR count). The Hall–Kier alpha value is -2.25. The van der Waals surface area contributed by atoms with E-state index in [4.69, 9.17) is 16.7 Å². The number of nitrogens with zero attached hydrogens (tertiary/aromatic N) is 2. The van der Waals surface area contributed by atoms with Gasteiger partial charge in [0.2, 0.25) is 11.7 Å². The van der Waals surface area contributed by atoms with E-state index in [0.717, 1.165) is 10.6 Å². The third kappa shape index (κ3) is 3.69. The lowest BCUT2D eigenvalue weighted by molar-refractivity contribution is 0.376. The highest BCUT2D eigenvalue weighted by atomic mass is 32.1. The fourth-order valence-corrected chi connectivity index (χ4v) is 2.73. The van der Waals surface area contributed by atoms with E-state index in [9.17, 15) is 0 Å². The van der Waals surface area contributed by atoms with Crippen molar-refractivity contribution in [2.75, 3.05) is 5.32 Å². The number of thiophene rings is 1. The van der Waals surface area contributed by atoms with Crippen LogP contribution in [0.1, 0.15) is 11.5 Å². The monoisotopic (exact) mass is 330 g/mol. The van der Waals surface area contributed by atoms with Crippen LogP contribution in [-0.4, -0.2) is 15.3 Å². The third-order valence-electron chi connectivity index (χ3n) is 2.89. The van der Waals surface area contributed by atoms with Gasteiger partial charge in [0.15, 0.2) is 5.11 Å². The highest BCUT2D eigenvalue weighted by Crippen LogP contribution is 2.21. The number of hydrogen-bond acceptors (Lipinski definition) is 5. The Morgan fingerprint density at radius 2 is 2.23 bits per heavy atom. The largest absolute Gasteiger partial charge is 0.353 e. The van der Waals surface area contributed by atoms with Gasteiger partial charge in [-0.15, -0.1) is 11.3 Å². The Morgan fingerprint density at radius 1 is 1.32 bits per heavy atom. The zero-order valence-corrected chi connectivity index (χ0v) is 13.5. The first-order valence-corrected chi connectivity index (χ1v) is 7.97. The molecule has 0 unspecified atom stereocenters. The van der Waals surface area contributed by atoms with Gasteiger partial charge in [-0.3, -0.25) is 0 Å². The Bertz CT molecular complexity index is 767. The fraction of sp³-hybridized carbons (Fsp3) is 0.133. The molecule has 0 aliphatic heterocycles. The lowest BCUT2D eigenvalue weighted by Gasteiger charge is -2.09. The molecular weight excluding hydrogens is 316 g/mol. The number of aryl methyl sites for hydroxylation is 1. The normalized spacial score (nSPS) is 10.4. The van der Waals surface area contributed by atoms with Gasteiger partial charge < -0.3 is 15.2 Å². The minimum atomic E-state index is 0.385. The van der Waals surface area contributed by atoms with E-state index < -0.39 is 0 Å². The molecule has 0 aliphatic rings. The topological polar surface area (TPSA) is 63.0 Å². The van der Waals surface area contributed by atoms with E-state index in [1.165, 1.54) is 5.56 Å². The Labute approximate surface area is 137 Å². The Morgan fingerprint density at radius 3 is 3.00 bits per heavy atom. The van der Waals surface area contributed by atoms with Gasteiger partial charge >= 0.3 is 0 Å². The van der Waals surface area contributed by atoms with Crippen LogP contribution in [0.5, 0.6) is 0 Å². The maximum Gasteiger partial charge on any atom is 0.246 e. The second-order valence-corrected chi connectivity index (χ2v) is 6.02. The number of benzene rings is 1. The number of nitrogens with one attached hydrogen (secondary N) is 2. The van der Waals surface area contributed by atoms with E-state index >= 15 is 0 Å². The summed E-state index contributed by atoms with van der Waals surface area (Å²) in [5, 5.41) is 12.6. The van der Waals surface area contributed by atoms with Crippen LogP contribution in [0.15, 0.2) is 46.3 Å². The predicted octanol–water partition coefficient (Wildman–Crippen LogP) is 3.59. The van der Waals surface area contributed by atoms with Crippen molar-refractivity contribution in [1.82, 2.24) is 15.5 Å². The fourth-order valence-electron chi connectivity index (χ4n) is 1.89. The van der Waals surface area contributed by atoms with E-state index in [2.05, 4.69) is 20.8 Å². The zero-order chi connectivity index (χ0) is 15.4. The smallest absolute Gasteiger partial charge is 0.246 e. The number of thiocarbonyl (C=S) groups is 1. The summed E-state index contributed by atoms with van der Waals surface area (Å²) in [7, 11) is 0. The number of anilines is 1. The van der Waals surface area contributed by atoms with Crippen LogP contribution in [-0.2, 0) is 6.54 Å². The minimum Gasteiger partial charge on any atom is -0.353 e. The van der Waals surface area contributed by atoms with Crippen LogP contribution in [0.2, 0.25) is 0 Å². The van der Waals surface area contributed by atoms with E-state index in [0.29, 0.717) is 23.4 Å². The molecule has 0 aliphatic carbocycles. The van der Waals surface area contributed by atoms with Crippen molar-refractivity contribution in [2.45, 2.75) is 13.5 Å². The molecule has 2 aromatic heterocycles. The van der Waals surface area contributed by atoms with Crippen molar-refractivity contribution < 1.29 is 4.52 Å². The van der Waals surface area contributed by atoms with Crippen molar-refractivity contribution in [3.05, 3.63) is 53.2 Å². The minimum absolute atomic E-state index is 0.385. The van der Waals surface area contributed by atoms with Gasteiger partial charge in [-0.2, -0.15) is 4.98 Å². The molecule has 112 valence electrons. The summed E-state index contributed by atoms with van der Waals surface area (Å²) >= 11 is 6.83. The molecule has 1 aromatic carbocycles. The molecule has 22 heavy (non-hydrogen) atoms. The lowest BCUT2D eigenvalue weighted by Crippen LogP contribution is -2.28. The van der Waals surface area contributed by atoms with Gasteiger partial charge in [0.05, 0.1) is 11.4 Å². The van der Waals surface area contributed by atoms with Crippen molar-refractivity contribution in [3.8, 4) is 10.7 Å². The van der Waals surface area contributed by atoms with Crippen LogP contribution in [0.25, 0.3) is 10.7 Å². The molecule has 0 radical (unpaired) electrons. The van der Waals surface area contributed by atoms with E-state index in [1.807, 2.05) is 48.7 Å². The highest BCUT2D eigenvalue weighted by Gasteiger charge is 2.09. The summed E-state index contributed by atoms with van der Waals surface area (Å²) < 4.78 is 5.20. The lowest BCUT2D eigenvalue weighted by atomic mass is 10.2. The van der Waals surface area contributed by atoms with Gasteiger partial charge in [-0.1, -0.05) is 23.4 Å². The first-order valence-electron chi connectivity index (χ1n) is 6.69. The van der Waals surface area contributed by atoms with E-state index in [-0.39, 0.29) is 0 Å². The van der Waals surface area contributed by atoms with Gasteiger partial charge in [0.1, 0.15) is 0 Å². The molecule has 0 spiro atoms. The summed E-state index contributed by atoms with van der Waals surface area (Å²) in [5.74, 6) is 1.10. The maximum absolute atomic E-state index is 5.25. The summed E-state index contributed by atoms with van der Waals surface area (Å²) in [6, 6.07) is 11.9. The quantitative estimate of drug-likeness (QED) is 0.713. The van der Waals surface area contributed by atoms with Crippen LogP contribution in [0.3, 0.4) is 0 Å². The highest BCUT2D eigenvalue weighted by molar-refractivity contribution is 7.80. The zero-order valence-electron chi connectivity index (χ0n) is 11.9. The summed E-state index contributed by atoms with van der Waals surface area (Å²) in [6.07, 6.45) is 0. The number of hydrogen-bond donors (Lipinski definition) is 2. The molecule has 0 saturated carbocycles. The third-order valence-corrected chi connectivity index (χ3v) is 4.00. The Balaban J connectivity index is 1.55. The molecular formula is C15H14N4OS2. The van der Waals surface area contributed by atoms with Gasteiger partial charge in [-0.25, -0.2) is 0 Å². The van der Waals surface area contributed by atoms with Gasteiger partial charge in [-0.05, 0) is 48.3 Å². The Kier molecular flexibility index (Phi) is 4.45. The first-order chi connectivity index (χ1) is 10.7. The van der Waals surface area contributed by atoms with Crippen molar-refractivity contribution in [1.29, 1.82) is 0 Å². The summed E-state index contributed by atoms with van der Waals surface area (Å²) in [4.78, 5) is 5.31. The molecule has 7 heteroatoms. The average Bonchev–Trinajstić information content (AvgIpc) is 3.16. The van der Waals surface area contributed by atoms with Crippen LogP contribution >= 0.6 is 23.6 Å². The maximum atomic E-state index is 5.25. The molecule has 0 amide bonds. The van der Waals surface area contributed by atoms with Crippen LogP contribution in [0.4, 0.5) is 5.69 Å². The van der Waals surface area contributed by atoms with Crippen molar-refractivity contribution in [2.24, 2.45) is 0 Å². The van der Waals surface area contributed by atoms with Crippen LogP contribution < -0.4 is 10.6 Å². The molecule has 3 aromatic rings. The average molecular weight is 330 g/mol. The summed E-state index contributed by atoms with van der Waals surface area (Å²) in [5.41, 5.74) is 2.12. The van der Waals surface area contributed by atoms with Gasteiger partial charge in [0.25, 0.3) is 0 Å². The van der Waals surface area contributed by atoms with Crippen molar-refractivity contribution in [3.63, 3.8) is 0 Å². The van der Waals surface area contributed by atoms with Crippen LogP contribution in [0, 0.1) is 6.92 Å². The molecule has 0 atom stereocenters. The SMILES string of the molecule is Cc1cccc(NC(=S)NCc2nc(-c3cccs3)no2)c1. The molecule has 5 nitrogen and oxygen atoms in total. The predicted molar refractivity (Wildman–Crippen MR) is 91.9 cm³/mol. The summed E-state index contributed by atoms with van der Waals surface area (Å²) in [6.45, 7) is 2.42. The second kappa shape index (κ2) is 6.67. The van der Waals surface area contributed by atoms with Gasteiger partial charge in [0, 0.05) is 5.69 Å². The van der Waals surface area contributed by atoms with E-state index in [1.54, 1.807) is 11.3 Å². The van der Waals surface area contributed by atoms with Crippen molar-refractivity contribution >= 4 is 34.4 Å². The molecule has 2 heterocycles. The molecule has 0 bridgehead atoms. The standard InChI is InChI=1S/C15H14N4OS2/c1-10-4-2-5-11(8-10)17-15(21)16-9-13-18-14(19-20-13)12-6-3-7-22-12/h2-8H,9H2,1H3,(H2,16,17,21). The molecule has 0 fully saturated rings. The number of aromatic nitrogens is 2. The molecule has 0 saturated heterocycles.